The molecule has 0 heterocycles. The lowest BCUT2D eigenvalue weighted by molar-refractivity contribution is -0.0829. The van der Waals surface area contributed by atoms with Crippen molar-refractivity contribution < 1.29 is 14.1 Å². The molecule has 112 valence electrons. The lowest BCUT2D eigenvalue weighted by Crippen LogP contribution is -2.51. The zero-order valence-electron chi connectivity index (χ0n) is 13.3. The normalized spacial score (nSPS) is 12.1. The summed E-state index contributed by atoms with van der Waals surface area (Å²) in [7, 11) is -3.86. The molecule has 0 unspecified atom stereocenters. The van der Waals surface area contributed by atoms with Gasteiger partial charge in [-0.25, -0.2) is 9.52 Å². The molecular formula is C14H25NO3Si2. The summed E-state index contributed by atoms with van der Waals surface area (Å²) in [5.41, 5.74) is 1.04. The first-order valence-electron chi connectivity index (χ1n) is 6.80. The van der Waals surface area contributed by atoms with Gasteiger partial charge in [0.05, 0.1) is 6.61 Å². The third-order valence-corrected chi connectivity index (χ3v) is 4.69. The van der Waals surface area contributed by atoms with Gasteiger partial charge in [-0.05, 0) is 44.8 Å². The second-order valence-corrected chi connectivity index (χ2v) is 15.9. The number of hydrogen-bond donors (Lipinski definition) is 0. The highest BCUT2D eigenvalue weighted by atomic mass is 28.4. The van der Waals surface area contributed by atoms with Gasteiger partial charge in [0, 0.05) is 0 Å². The Morgan fingerprint density at radius 2 is 1.60 bits per heavy atom. The number of carbonyl (C=O) groups excluding carboxylic acids is 1. The maximum Gasteiger partial charge on any atom is 0.411 e. The summed E-state index contributed by atoms with van der Waals surface area (Å²) in [5, 5.41) is 0. The number of carbonyl (C=O) groups is 1. The SMILES string of the molecule is C[Si](C)(C)OC(=O)N(OCc1ccccc1)[Si](C)(C)C. The van der Waals surface area contributed by atoms with Gasteiger partial charge in [-0.1, -0.05) is 30.3 Å². The minimum absolute atomic E-state index is 0.348. The highest BCUT2D eigenvalue weighted by Crippen LogP contribution is 2.16. The molecule has 1 rings (SSSR count). The first-order chi connectivity index (χ1) is 9.09. The van der Waals surface area contributed by atoms with Crippen molar-refractivity contribution in [3.05, 3.63) is 35.9 Å². The predicted octanol–water partition coefficient (Wildman–Crippen LogP) is 4.23. The minimum Gasteiger partial charge on any atom is -0.503 e. The molecule has 0 N–H and O–H groups in total. The third-order valence-electron chi connectivity index (χ3n) is 2.37. The van der Waals surface area contributed by atoms with Gasteiger partial charge in [0.25, 0.3) is 0 Å². The summed E-state index contributed by atoms with van der Waals surface area (Å²) >= 11 is 0. The van der Waals surface area contributed by atoms with Crippen LogP contribution in [0.4, 0.5) is 4.79 Å². The Bertz CT molecular complexity index is 438. The van der Waals surface area contributed by atoms with Crippen molar-refractivity contribution in [2.24, 2.45) is 0 Å². The molecule has 4 nitrogen and oxygen atoms in total. The van der Waals surface area contributed by atoms with Crippen molar-refractivity contribution in [2.45, 2.75) is 45.9 Å². The Morgan fingerprint density at radius 1 is 1.05 bits per heavy atom. The number of hydroxylamine groups is 1. The highest BCUT2D eigenvalue weighted by Gasteiger charge is 2.34. The van der Waals surface area contributed by atoms with E-state index < -0.39 is 16.6 Å². The lowest BCUT2D eigenvalue weighted by Gasteiger charge is -2.34. The van der Waals surface area contributed by atoms with Crippen molar-refractivity contribution in [1.29, 1.82) is 0 Å². The van der Waals surface area contributed by atoms with E-state index in [-0.39, 0.29) is 6.09 Å². The van der Waals surface area contributed by atoms with Crippen LogP contribution in [0.5, 0.6) is 0 Å². The summed E-state index contributed by atoms with van der Waals surface area (Å²) in [6.45, 7) is 12.5. The van der Waals surface area contributed by atoms with Crippen molar-refractivity contribution in [1.82, 2.24) is 4.73 Å². The first-order valence-corrected chi connectivity index (χ1v) is 13.7. The van der Waals surface area contributed by atoms with Crippen LogP contribution in [0, 0.1) is 0 Å². The number of nitrogens with zero attached hydrogens (tertiary/aromatic N) is 1. The summed E-state index contributed by atoms with van der Waals surface area (Å²) in [6, 6.07) is 9.83. The number of hydrogen-bond acceptors (Lipinski definition) is 3. The monoisotopic (exact) mass is 311 g/mol. The number of benzene rings is 1. The predicted molar refractivity (Wildman–Crippen MR) is 86.2 cm³/mol. The molecule has 0 saturated carbocycles. The molecule has 1 amide bonds. The Morgan fingerprint density at radius 3 is 2.05 bits per heavy atom. The fourth-order valence-electron chi connectivity index (χ4n) is 1.54. The van der Waals surface area contributed by atoms with Gasteiger partial charge in [0.15, 0.2) is 8.24 Å². The molecule has 0 spiro atoms. The fraction of sp³-hybridized carbons (Fsp3) is 0.500. The van der Waals surface area contributed by atoms with Crippen molar-refractivity contribution in [3.63, 3.8) is 0 Å². The van der Waals surface area contributed by atoms with Crippen LogP contribution >= 0.6 is 0 Å². The van der Waals surface area contributed by atoms with E-state index in [0.717, 1.165) is 5.56 Å². The second-order valence-electron chi connectivity index (χ2n) is 6.70. The average Bonchev–Trinajstić information content (AvgIpc) is 2.26. The van der Waals surface area contributed by atoms with Gasteiger partial charge >= 0.3 is 6.09 Å². The molecule has 0 radical (unpaired) electrons. The summed E-state index contributed by atoms with van der Waals surface area (Å²) in [6.07, 6.45) is -0.348. The topological polar surface area (TPSA) is 38.8 Å². The van der Waals surface area contributed by atoms with Gasteiger partial charge < -0.3 is 4.43 Å². The molecule has 1 aromatic rings. The third kappa shape index (κ3) is 5.89. The maximum atomic E-state index is 12.3. The van der Waals surface area contributed by atoms with E-state index in [2.05, 4.69) is 19.6 Å². The highest BCUT2D eigenvalue weighted by molar-refractivity contribution is 6.76. The molecule has 6 heteroatoms. The van der Waals surface area contributed by atoms with E-state index in [4.69, 9.17) is 9.26 Å². The van der Waals surface area contributed by atoms with Crippen LogP contribution in [0.2, 0.25) is 39.3 Å². The van der Waals surface area contributed by atoms with Gasteiger partial charge in [-0.15, -0.1) is 0 Å². The average molecular weight is 312 g/mol. The molecule has 0 bridgehead atoms. The Hall–Kier alpha value is -1.12. The summed E-state index contributed by atoms with van der Waals surface area (Å²) in [5.74, 6) is 0. The molecule has 0 aliphatic heterocycles. The second kappa shape index (κ2) is 6.56. The van der Waals surface area contributed by atoms with Crippen LogP contribution in [-0.4, -0.2) is 27.4 Å². The largest absolute Gasteiger partial charge is 0.503 e. The molecule has 0 saturated heterocycles. The molecule has 20 heavy (non-hydrogen) atoms. The van der Waals surface area contributed by atoms with Gasteiger partial charge in [-0.3, -0.25) is 4.84 Å². The summed E-state index contributed by atoms with van der Waals surface area (Å²) < 4.78 is 7.02. The van der Waals surface area contributed by atoms with E-state index in [1.165, 1.54) is 4.73 Å². The molecule has 0 atom stereocenters. The molecule has 0 aliphatic rings. The molecular weight excluding hydrogens is 286 g/mol. The van der Waals surface area contributed by atoms with Crippen molar-refractivity contribution in [3.8, 4) is 0 Å². The number of rotatable bonds is 5. The maximum absolute atomic E-state index is 12.3. The summed E-state index contributed by atoms with van der Waals surface area (Å²) in [4.78, 5) is 18.0. The van der Waals surface area contributed by atoms with E-state index in [9.17, 15) is 4.79 Å². The van der Waals surface area contributed by atoms with Crippen LogP contribution in [0.1, 0.15) is 5.56 Å². The molecule has 0 aliphatic carbocycles. The Kier molecular flexibility index (Phi) is 5.55. The Labute approximate surface area is 123 Å². The fourth-order valence-corrected chi connectivity index (χ4v) is 3.28. The van der Waals surface area contributed by atoms with Crippen molar-refractivity contribution in [2.75, 3.05) is 0 Å². The number of amides is 1. The zero-order chi connectivity index (χ0) is 15.4. The van der Waals surface area contributed by atoms with Crippen LogP contribution in [0.25, 0.3) is 0 Å². The Balaban J connectivity index is 2.73. The van der Waals surface area contributed by atoms with E-state index >= 15 is 0 Å². The smallest absolute Gasteiger partial charge is 0.411 e. The lowest BCUT2D eigenvalue weighted by atomic mass is 10.2. The molecule has 1 aromatic carbocycles. The van der Waals surface area contributed by atoms with Gasteiger partial charge in [-0.2, -0.15) is 0 Å². The van der Waals surface area contributed by atoms with E-state index in [1.807, 2.05) is 50.0 Å². The first kappa shape index (κ1) is 16.9. The standard InChI is InChI=1S/C14H25NO3Si2/c1-19(2,3)15(14(16)18-20(4,5)6)17-12-13-10-8-7-9-11-13/h7-11H,12H2,1-6H3. The molecule has 0 aromatic heterocycles. The van der Waals surface area contributed by atoms with Crippen LogP contribution in [0.3, 0.4) is 0 Å². The van der Waals surface area contributed by atoms with E-state index in [0.29, 0.717) is 6.61 Å². The molecule has 0 fully saturated rings. The van der Waals surface area contributed by atoms with Gasteiger partial charge in [0.1, 0.15) is 0 Å². The van der Waals surface area contributed by atoms with Gasteiger partial charge in [0.2, 0.25) is 8.32 Å². The zero-order valence-corrected chi connectivity index (χ0v) is 15.3. The van der Waals surface area contributed by atoms with E-state index in [1.54, 1.807) is 0 Å². The minimum atomic E-state index is -1.94. The van der Waals surface area contributed by atoms with Crippen molar-refractivity contribution >= 4 is 22.6 Å². The van der Waals surface area contributed by atoms with Crippen LogP contribution in [0.15, 0.2) is 30.3 Å². The van der Waals surface area contributed by atoms with Crippen LogP contribution in [-0.2, 0) is 15.9 Å². The van der Waals surface area contributed by atoms with Crippen LogP contribution < -0.4 is 0 Å². The quantitative estimate of drug-likeness (QED) is 0.603.